The number of hydrogen-bond acceptors (Lipinski definition) is 2. The number of nitrogens with one attached hydrogen (secondary N) is 1. The Morgan fingerprint density at radius 2 is 2.27 bits per heavy atom. The molecule has 1 rings (SSSR count). The Balaban J connectivity index is 2.60. The number of piperidine rings is 1. The third-order valence-corrected chi connectivity index (χ3v) is 2.12. The van der Waals surface area contributed by atoms with Crippen LogP contribution in [-0.2, 0) is 0 Å². The van der Waals surface area contributed by atoms with E-state index in [1.54, 1.807) is 0 Å². The molecular formula is C7H13F2NO. The summed E-state index contributed by atoms with van der Waals surface area (Å²) in [5.74, 6) is -3.62. The first-order valence-corrected chi connectivity index (χ1v) is 3.80. The van der Waals surface area contributed by atoms with Crippen LogP contribution in [0.5, 0.6) is 0 Å². The second-order valence-electron chi connectivity index (χ2n) is 3.07. The minimum Gasteiger partial charge on any atom is -0.393 e. The van der Waals surface area contributed by atoms with E-state index in [1.165, 1.54) is 6.92 Å². The standard InChI is InChI=1S/C7H13F2NO/c1-5(11)6-2-3-10-4-7(6,8)9/h5-6,10-11H,2-4H2,1H3. The van der Waals surface area contributed by atoms with Crippen molar-refractivity contribution in [1.82, 2.24) is 5.32 Å². The predicted molar refractivity (Wildman–Crippen MR) is 37.6 cm³/mol. The lowest BCUT2D eigenvalue weighted by atomic mass is 9.89. The Morgan fingerprint density at radius 1 is 1.64 bits per heavy atom. The second kappa shape index (κ2) is 3.03. The van der Waals surface area contributed by atoms with Crippen LogP contribution in [-0.4, -0.2) is 30.2 Å². The third-order valence-electron chi connectivity index (χ3n) is 2.12. The molecule has 1 heterocycles. The molecule has 0 radical (unpaired) electrons. The lowest BCUT2D eigenvalue weighted by molar-refractivity contribution is -0.112. The van der Waals surface area contributed by atoms with Crippen LogP contribution >= 0.6 is 0 Å². The highest BCUT2D eigenvalue weighted by molar-refractivity contribution is 4.87. The van der Waals surface area contributed by atoms with E-state index in [4.69, 9.17) is 5.11 Å². The molecule has 2 atom stereocenters. The summed E-state index contributed by atoms with van der Waals surface area (Å²) in [6.07, 6.45) is -0.558. The summed E-state index contributed by atoms with van der Waals surface area (Å²) in [5.41, 5.74) is 0. The van der Waals surface area contributed by atoms with E-state index in [9.17, 15) is 8.78 Å². The molecule has 0 saturated carbocycles. The number of alkyl halides is 2. The highest BCUT2D eigenvalue weighted by atomic mass is 19.3. The van der Waals surface area contributed by atoms with E-state index >= 15 is 0 Å². The van der Waals surface area contributed by atoms with Gasteiger partial charge in [0.15, 0.2) is 0 Å². The largest absolute Gasteiger partial charge is 0.393 e. The van der Waals surface area contributed by atoms with Crippen molar-refractivity contribution in [2.75, 3.05) is 13.1 Å². The van der Waals surface area contributed by atoms with Gasteiger partial charge in [0.2, 0.25) is 0 Å². The quantitative estimate of drug-likeness (QED) is 0.596. The van der Waals surface area contributed by atoms with Gasteiger partial charge in [0.25, 0.3) is 5.92 Å². The van der Waals surface area contributed by atoms with Crippen LogP contribution < -0.4 is 5.32 Å². The van der Waals surface area contributed by atoms with Crippen molar-refractivity contribution in [1.29, 1.82) is 0 Å². The second-order valence-corrected chi connectivity index (χ2v) is 3.07. The first kappa shape index (κ1) is 8.87. The molecule has 1 saturated heterocycles. The van der Waals surface area contributed by atoms with Gasteiger partial charge in [-0.1, -0.05) is 0 Å². The van der Waals surface area contributed by atoms with E-state index in [1.807, 2.05) is 0 Å². The summed E-state index contributed by atoms with van der Waals surface area (Å²) in [6, 6.07) is 0. The van der Waals surface area contributed by atoms with E-state index in [2.05, 4.69) is 5.32 Å². The Bertz CT molecular complexity index is 138. The highest BCUT2D eigenvalue weighted by Gasteiger charge is 2.43. The maximum atomic E-state index is 12.9. The molecule has 2 unspecified atom stereocenters. The number of aliphatic hydroxyl groups is 1. The Labute approximate surface area is 64.6 Å². The van der Waals surface area contributed by atoms with Gasteiger partial charge in [-0.2, -0.15) is 0 Å². The number of hydrogen-bond donors (Lipinski definition) is 2. The molecule has 4 heteroatoms. The van der Waals surface area contributed by atoms with Crippen molar-refractivity contribution in [2.45, 2.75) is 25.4 Å². The zero-order valence-electron chi connectivity index (χ0n) is 6.48. The number of rotatable bonds is 1. The van der Waals surface area contributed by atoms with Crippen LogP contribution in [0.2, 0.25) is 0 Å². The monoisotopic (exact) mass is 165 g/mol. The van der Waals surface area contributed by atoms with Crippen LogP contribution in [0.3, 0.4) is 0 Å². The van der Waals surface area contributed by atoms with Gasteiger partial charge in [-0.25, -0.2) is 8.78 Å². The topological polar surface area (TPSA) is 32.3 Å². The Morgan fingerprint density at radius 3 is 2.64 bits per heavy atom. The van der Waals surface area contributed by atoms with Crippen LogP contribution in [0.25, 0.3) is 0 Å². The molecule has 0 aromatic carbocycles. The molecule has 0 spiro atoms. The summed E-state index contributed by atoms with van der Waals surface area (Å²) in [4.78, 5) is 0. The summed E-state index contributed by atoms with van der Waals surface area (Å²) < 4.78 is 25.8. The maximum Gasteiger partial charge on any atom is 0.265 e. The molecule has 0 aliphatic carbocycles. The molecule has 66 valence electrons. The first-order valence-electron chi connectivity index (χ1n) is 3.80. The van der Waals surface area contributed by atoms with Gasteiger partial charge < -0.3 is 10.4 Å². The smallest absolute Gasteiger partial charge is 0.265 e. The van der Waals surface area contributed by atoms with E-state index < -0.39 is 17.9 Å². The minimum atomic E-state index is -2.74. The van der Waals surface area contributed by atoms with Crippen molar-refractivity contribution < 1.29 is 13.9 Å². The fourth-order valence-electron chi connectivity index (χ4n) is 1.45. The zero-order chi connectivity index (χ0) is 8.48. The fraction of sp³-hybridized carbons (Fsp3) is 1.00. The minimum absolute atomic E-state index is 0.303. The molecule has 0 aromatic heterocycles. The Kier molecular flexibility index (Phi) is 2.44. The first-order chi connectivity index (χ1) is 5.04. The molecular weight excluding hydrogens is 152 g/mol. The molecule has 1 fully saturated rings. The van der Waals surface area contributed by atoms with Crippen molar-refractivity contribution in [2.24, 2.45) is 5.92 Å². The molecule has 1 aliphatic rings. The molecule has 11 heavy (non-hydrogen) atoms. The average molecular weight is 165 g/mol. The Hall–Kier alpha value is -0.220. The third kappa shape index (κ3) is 1.87. The lowest BCUT2D eigenvalue weighted by Gasteiger charge is -2.33. The van der Waals surface area contributed by atoms with Gasteiger partial charge in [0.1, 0.15) is 0 Å². The van der Waals surface area contributed by atoms with Crippen LogP contribution in [0.4, 0.5) is 8.78 Å². The molecule has 0 bridgehead atoms. The average Bonchev–Trinajstić information content (AvgIpc) is 1.85. The molecule has 0 amide bonds. The van der Waals surface area contributed by atoms with Gasteiger partial charge in [0, 0.05) is 0 Å². The normalized spacial score (nSPS) is 33.3. The summed E-state index contributed by atoms with van der Waals surface area (Å²) in [7, 11) is 0. The van der Waals surface area contributed by atoms with Crippen molar-refractivity contribution in [3.05, 3.63) is 0 Å². The maximum absolute atomic E-state index is 12.9. The van der Waals surface area contributed by atoms with Gasteiger partial charge in [-0.15, -0.1) is 0 Å². The summed E-state index contributed by atoms with van der Waals surface area (Å²) >= 11 is 0. The van der Waals surface area contributed by atoms with Crippen molar-refractivity contribution in [3.63, 3.8) is 0 Å². The van der Waals surface area contributed by atoms with E-state index in [0.717, 1.165) is 0 Å². The SMILES string of the molecule is CC(O)C1CCNCC1(F)F. The van der Waals surface area contributed by atoms with Crippen molar-refractivity contribution in [3.8, 4) is 0 Å². The molecule has 1 aliphatic heterocycles. The number of aliphatic hydroxyl groups excluding tert-OH is 1. The fourth-order valence-corrected chi connectivity index (χ4v) is 1.45. The van der Waals surface area contributed by atoms with Crippen molar-refractivity contribution >= 4 is 0 Å². The summed E-state index contributed by atoms with van der Waals surface area (Å²) in [5, 5.41) is 11.6. The van der Waals surface area contributed by atoms with Gasteiger partial charge in [-0.05, 0) is 19.9 Å². The highest BCUT2D eigenvalue weighted by Crippen LogP contribution is 2.31. The number of halogens is 2. The lowest BCUT2D eigenvalue weighted by Crippen LogP contribution is -2.49. The summed E-state index contributed by atoms with van der Waals surface area (Å²) in [6.45, 7) is 1.69. The van der Waals surface area contributed by atoms with Crippen LogP contribution in [0, 0.1) is 5.92 Å². The predicted octanol–water partition coefficient (Wildman–Crippen LogP) is 0.612. The van der Waals surface area contributed by atoms with E-state index in [-0.39, 0.29) is 6.54 Å². The van der Waals surface area contributed by atoms with Gasteiger partial charge in [0.05, 0.1) is 18.6 Å². The molecule has 2 N–H and O–H groups in total. The molecule has 0 aromatic rings. The van der Waals surface area contributed by atoms with Crippen LogP contribution in [0.1, 0.15) is 13.3 Å². The zero-order valence-corrected chi connectivity index (χ0v) is 6.48. The van der Waals surface area contributed by atoms with Crippen LogP contribution in [0.15, 0.2) is 0 Å². The van der Waals surface area contributed by atoms with E-state index in [0.29, 0.717) is 13.0 Å². The van der Waals surface area contributed by atoms with Gasteiger partial charge in [-0.3, -0.25) is 0 Å². The van der Waals surface area contributed by atoms with Gasteiger partial charge >= 0.3 is 0 Å². The molecule has 2 nitrogen and oxygen atoms in total.